The molecule has 142 valence electrons. The van der Waals surface area contributed by atoms with Crippen LogP contribution in [0.4, 0.5) is 10.5 Å². The number of ether oxygens (including phenoxy) is 1. The lowest BCUT2D eigenvalue weighted by molar-refractivity contribution is -0.117. The van der Waals surface area contributed by atoms with E-state index in [1.54, 1.807) is 11.8 Å². The molecule has 2 aromatic carbocycles. The van der Waals surface area contributed by atoms with Gasteiger partial charge in [-0.05, 0) is 18.6 Å². The Morgan fingerprint density at radius 3 is 2.33 bits per heavy atom. The largest absolute Gasteiger partial charge is 0.450 e. The van der Waals surface area contributed by atoms with Crippen LogP contribution in [0, 0.1) is 0 Å². The van der Waals surface area contributed by atoms with Crippen LogP contribution in [0.3, 0.4) is 0 Å². The van der Waals surface area contributed by atoms with Gasteiger partial charge in [-0.1, -0.05) is 48.5 Å². The molecule has 3 rings (SSSR count). The number of carbonyl (C=O) groups excluding carboxylic acids is 2. The van der Waals surface area contributed by atoms with Gasteiger partial charge in [0.2, 0.25) is 5.91 Å². The SMILES string of the molecule is CCOC(=O)N1CCN(CC(=O)Nc2ccccc2-c2ccccc2)CC1. The smallest absolute Gasteiger partial charge is 0.409 e. The molecule has 0 bridgehead atoms. The topological polar surface area (TPSA) is 61.9 Å². The Bertz CT molecular complexity index is 771. The second kappa shape index (κ2) is 9.19. The molecule has 1 saturated heterocycles. The summed E-state index contributed by atoms with van der Waals surface area (Å²) in [5.41, 5.74) is 2.87. The van der Waals surface area contributed by atoms with E-state index in [2.05, 4.69) is 10.2 Å². The summed E-state index contributed by atoms with van der Waals surface area (Å²) in [6, 6.07) is 17.8. The van der Waals surface area contributed by atoms with Crippen LogP contribution in [-0.2, 0) is 9.53 Å². The van der Waals surface area contributed by atoms with Crippen molar-refractivity contribution in [1.29, 1.82) is 0 Å². The number of benzene rings is 2. The molecule has 2 aromatic rings. The lowest BCUT2D eigenvalue weighted by Crippen LogP contribution is -2.50. The van der Waals surface area contributed by atoms with Crippen LogP contribution in [0.1, 0.15) is 6.92 Å². The molecular weight excluding hydrogens is 342 g/mol. The summed E-state index contributed by atoms with van der Waals surface area (Å²) in [6.07, 6.45) is -0.279. The van der Waals surface area contributed by atoms with Gasteiger partial charge in [0.15, 0.2) is 0 Å². The number of hydrogen-bond donors (Lipinski definition) is 1. The molecule has 0 radical (unpaired) electrons. The third-order valence-electron chi connectivity index (χ3n) is 4.55. The molecule has 0 spiro atoms. The Morgan fingerprint density at radius 2 is 1.63 bits per heavy atom. The number of para-hydroxylation sites is 1. The van der Waals surface area contributed by atoms with E-state index in [-0.39, 0.29) is 12.0 Å². The van der Waals surface area contributed by atoms with Crippen molar-refractivity contribution < 1.29 is 14.3 Å². The van der Waals surface area contributed by atoms with Crippen molar-refractivity contribution >= 4 is 17.7 Å². The van der Waals surface area contributed by atoms with Crippen molar-refractivity contribution in [2.75, 3.05) is 44.6 Å². The number of nitrogens with zero attached hydrogens (tertiary/aromatic N) is 2. The molecule has 0 unspecified atom stereocenters. The minimum absolute atomic E-state index is 0.0528. The normalized spacial score (nSPS) is 14.6. The first-order valence-electron chi connectivity index (χ1n) is 9.25. The molecule has 0 saturated carbocycles. The predicted molar refractivity (Wildman–Crippen MR) is 106 cm³/mol. The highest BCUT2D eigenvalue weighted by Gasteiger charge is 2.23. The quantitative estimate of drug-likeness (QED) is 0.882. The van der Waals surface area contributed by atoms with Crippen molar-refractivity contribution in [3.05, 3.63) is 54.6 Å². The number of piperazine rings is 1. The molecule has 0 aromatic heterocycles. The maximum atomic E-state index is 12.5. The number of nitrogens with one attached hydrogen (secondary N) is 1. The summed E-state index contributed by atoms with van der Waals surface area (Å²) >= 11 is 0. The van der Waals surface area contributed by atoms with Gasteiger partial charge < -0.3 is 15.0 Å². The Hall–Kier alpha value is -2.86. The monoisotopic (exact) mass is 367 g/mol. The fourth-order valence-electron chi connectivity index (χ4n) is 3.16. The summed E-state index contributed by atoms with van der Waals surface area (Å²) in [6.45, 7) is 4.95. The van der Waals surface area contributed by atoms with Crippen molar-refractivity contribution in [2.45, 2.75) is 6.92 Å². The van der Waals surface area contributed by atoms with Crippen LogP contribution in [-0.4, -0.2) is 61.1 Å². The van der Waals surface area contributed by atoms with E-state index >= 15 is 0 Å². The Kier molecular flexibility index (Phi) is 6.44. The minimum atomic E-state index is -0.279. The third kappa shape index (κ3) is 5.08. The van der Waals surface area contributed by atoms with E-state index in [9.17, 15) is 9.59 Å². The number of hydrogen-bond acceptors (Lipinski definition) is 4. The van der Waals surface area contributed by atoms with E-state index in [0.717, 1.165) is 16.8 Å². The van der Waals surface area contributed by atoms with E-state index < -0.39 is 0 Å². The zero-order valence-electron chi connectivity index (χ0n) is 15.6. The number of anilines is 1. The van der Waals surface area contributed by atoms with Crippen LogP contribution in [0.15, 0.2) is 54.6 Å². The molecule has 6 nitrogen and oxygen atoms in total. The van der Waals surface area contributed by atoms with Crippen molar-refractivity contribution in [3.8, 4) is 11.1 Å². The van der Waals surface area contributed by atoms with Gasteiger partial charge in [-0.2, -0.15) is 0 Å². The van der Waals surface area contributed by atoms with Gasteiger partial charge in [0.25, 0.3) is 0 Å². The highest BCUT2D eigenvalue weighted by molar-refractivity contribution is 5.96. The summed E-state index contributed by atoms with van der Waals surface area (Å²) < 4.78 is 5.02. The standard InChI is InChI=1S/C21H25N3O3/c1-2-27-21(26)24-14-12-23(13-15-24)16-20(25)22-19-11-7-6-10-18(19)17-8-4-3-5-9-17/h3-11H,2,12-16H2,1H3,(H,22,25). The zero-order chi connectivity index (χ0) is 19.1. The first-order chi connectivity index (χ1) is 13.2. The lowest BCUT2D eigenvalue weighted by atomic mass is 10.0. The van der Waals surface area contributed by atoms with Crippen molar-refractivity contribution in [1.82, 2.24) is 9.80 Å². The van der Waals surface area contributed by atoms with Crippen molar-refractivity contribution in [2.24, 2.45) is 0 Å². The van der Waals surface area contributed by atoms with Gasteiger partial charge >= 0.3 is 6.09 Å². The van der Waals surface area contributed by atoms with Crippen LogP contribution in [0.25, 0.3) is 11.1 Å². The van der Waals surface area contributed by atoms with E-state index in [1.807, 2.05) is 54.6 Å². The summed E-state index contributed by atoms with van der Waals surface area (Å²) in [5.74, 6) is -0.0528. The van der Waals surface area contributed by atoms with Crippen LogP contribution < -0.4 is 5.32 Å². The second-order valence-electron chi connectivity index (χ2n) is 6.42. The number of carbonyl (C=O) groups is 2. The fraction of sp³-hybridized carbons (Fsp3) is 0.333. The van der Waals surface area contributed by atoms with Gasteiger partial charge in [0.05, 0.1) is 13.2 Å². The first-order valence-corrected chi connectivity index (χ1v) is 9.25. The highest BCUT2D eigenvalue weighted by atomic mass is 16.6. The Morgan fingerprint density at radius 1 is 0.963 bits per heavy atom. The lowest BCUT2D eigenvalue weighted by Gasteiger charge is -2.33. The molecule has 6 heteroatoms. The second-order valence-corrected chi connectivity index (χ2v) is 6.42. The van der Waals surface area contributed by atoms with Crippen LogP contribution in [0.5, 0.6) is 0 Å². The third-order valence-corrected chi connectivity index (χ3v) is 4.55. The molecule has 27 heavy (non-hydrogen) atoms. The van der Waals surface area contributed by atoms with Gasteiger partial charge in [0, 0.05) is 37.4 Å². The molecule has 1 N–H and O–H groups in total. The summed E-state index contributed by atoms with van der Waals surface area (Å²) in [4.78, 5) is 28.0. The molecule has 1 aliphatic heterocycles. The maximum absolute atomic E-state index is 12.5. The van der Waals surface area contributed by atoms with E-state index in [4.69, 9.17) is 4.74 Å². The van der Waals surface area contributed by atoms with Gasteiger partial charge in [0.1, 0.15) is 0 Å². The van der Waals surface area contributed by atoms with E-state index in [1.165, 1.54) is 0 Å². The van der Waals surface area contributed by atoms with Gasteiger partial charge in [-0.3, -0.25) is 9.69 Å². The maximum Gasteiger partial charge on any atom is 0.409 e. The van der Waals surface area contributed by atoms with E-state index in [0.29, 0.717) is 39.3 Å². The molecular formula is C21H25N3O3. The molecule has 0 aliphatic carbocycles. The van der Waals surface area contributed by atoms with Gasteiger partial charge in [-0.25, -0.2) is 4.79 Å². The molecule has 0 atom stereocenters. The van der Waals surface area contributed by atoms with Gasteiger partial charge in [-0.15, -0.1) is 0 Å². The highest BCUT2D eigenvalue weighted by Crippen LogP contribution is 2.27. The molecule has 2 amide bonds. The fourth-order valence-corrected chi connectivity index (χ4v) is 3.16. The van der Waals surface area contributed by atoms with Crippen molar-refractivity contribution in [3.63, 3.8) is 0 Å². The zero-order valence-corrected chi connectivity index (χ0v) is 15.6. The average molecular weight is 367 g/mol. The van der Waals surface area contributed by atoms with Crippen LogP contribution in [0.2, 0.25) is 0 Å². The first kappa shape index (κ1) is 18.9. The number of amides is 2. The summed E-state index contributed by atoms with van der Waals surface area (Å²) in [5, 5.41) is 3.02. The molecule has 1 aliphatic rings. The molecule has 1 heterocycles. The molecule has 1 fully saturated rings. The minimum Gasteiger partial charge on any atom is -0.450 e. The Balaban J connectivity index is 1.56. The average Bonchev–Trinajstić information content (AvgIpc) is 2.70. The number of rotatable bonds is 5. The van der Waals surface area contributed by atoms with Crippen LogP contribution >= 0.6 is 0 Å². The summed E-state index contributed by atoms with van der Waals surface area (Å²) in [7, 11) is 0. The Labute approximate surface area is 159 Å². The predicted octanol–water partition coefficient (Wildman–Crippen LogP) is 3.07.